The van der Waals surface area contributed by atoms with Crippen LogP contribution in [0.4, 0.5) is 4.79 Å². The van der Waals surface area contributed by atoms with E-state index in [2.05, 4.69) is 11.0 Å². The van der Waals surface area contributed by atoms with E-state index in [4.69, 9.17) is 9.84 Å². The van der Waals surface area contributed by atoms with Gasteiger partial charge in [-0.25, -0.2) is 4.79 Å². The molecule has 1 amide bonds. The van der Waals surface area contributed by atoms with E-state index in [1.807, 2.05) is 0 Å². The summed E-state index contributed by atoms with van der Waals surface area (Å²) in [5.41, 5.74) is -0.482. The van der Waals surface area contributed by atoms with Crippen molar-refractivity contribution in [2.75, 3.05) is 26.3 Å². The van der Waals surface area contributed by atoms with Gasteiger partial charge in [0, 0.05) is 25.2 Å². The highest BCUT2D eigenvalue weighted by molar-refractivity contribution is 5.66. The first-order valence-electron chi connectivity index (χ1n) is 5.41. The molecule has 6 heteroatoms. The van der Waals surface area contributed by atoms with Crippen LogP contribution in [-0.2, 0) is 4.74 Å². The molecule has 2 atom stereocenters. The molecule has 0 radical (unpaired) electrons. The Bertz CT molecular complexity index is 374. The van der Waals surface area contributed by atoms with Crippen LogP contribution >= 0.6 is 0 Å². The van der Waals surface area contributed by atoms with Crippen LogP contribution in [0.5, 0.6) is 0 Å². The molecule has 0 aliphatic carbocycles. The van der Waals surface area contributed by atoms with Gasteiger partial charge in [0.25, 0.3) is 0 Å². The van der Waals surface area contributed by atoms with Crippen molar-refractivity contribution < 1.29 is 14.6 Å². The summed E-state index contributed by atoms with van der Waals surface area (Å²) >= 11 is 0. The molecule has 0 spiro atoms. The monoisotopic (exact) mass is 223 g/mol. The second kappa shape index (κ2) is 3.09. The zero-order chi connectivity index (χ0) is 11.3. The number of hydrogen-bond acceptors (Lipinski definition) is 4. The number of carbonyl (C=O) groups is 1. The van der Waals surface area contributed by atoms with Gasteiger partial charge in [0.15, 0.2) is 5.54 Å². The summed E-state index contributed by atoms with van der Waals surface area (Å²) in [6, 6.07) is 2.58. The van der Waals surface area contributed by atoms with Gasteiger partial charge >= 0.3 is 6.09 Å². The Morgan fingerprint density at radius 2 is 2.19 bits per heavy atom. The van der Waals surface area contributed by atoms with Crippen LogP contribution in [0, 0.1) is 11.3 Å². The van der Waals surface area contributed by atoms with Crippen molar-refractivity contribution in [2.45, 2.75) is 24.0 Å². The second-order valence-corrected chi connectivity index (χ2v) is 4.77. The Balaban J connectivity index is 1.76. The number of ether oxygens (including phenoxy) is 1. The Morgan fingerprint density at radius 1 is 1.44 bits per heavy atom. The maximum absolute atomic E-state index is 10.9. The van der Waals surface area contributed by atoms with Crippen molar-refractivity contribution in [3.63, 3.8) is 0 Å². The fourth-order valence-electron chi connectivity index (χ4n) is 3.02. The molecule has 3 aliphatic rings. The number of amides is 1. The Hall–Kier alpha value is -1.32. The van der Waals surface area contributed by atoms with E-state index < -0.39 is 11.6 Å². The van der Waals surface area contributed by atoms with Gasteiger partial charge in [-0.2, -0.15) is 5.26 Å². The molecule has 0 saturated carbocycles. The fourth-order valence-corrected chi connectivity index (χ4v) is 3.02. The van der Waals surface area contributed by atoms with Crippen molar-refractivity contribution >= 4 is 6.09 Å². The van der Waals surface area contributed by atoms with E-state index in [9.17, 15) is 10.1 Å². The number of fused-ring (bicyclic) bond motifs is 2. The van der Waals surface area contributed by atoms with E-state index in [1.54, 1.807) is 0 Å². The van der Waals surface area contributed by atoms with E-state index >= 15 is 0 Å². The third-order valence-corrected chi connectivity index (χ3v) is 3.93. The van der Waals surface area contributed by atoms with Crippen LogP contribution in [-0.4, -0.2) is 64.9 Å². The van der Waals surface area contributed by atoms with Crippen molar-refractivity contribution in [1.82, 2.24) is 9.80 Å². The predicted octanol–water partition coefficient (Wildman–Crippen LogP) is -0.285. The maximum Gasteiger partial charge on any atom is 0.407 e. The highest BCUT2D eigenvalue weighted by atomic mass is 16.5. The summed E-state index contributed by atoms with van der Waals surface area (Å²) in [5.74, 6) is 0. The summed E-state index contributed by atoms with van der Waals surface area (Å²) in [7, 11) is 0. The SMILES string of the molecule is N#CC1(N2C[C@@H]3C[C@H]2CN3C(=O)O)COC1. The van der Waals surface area contributed by atoms with Crippen LogP contribution in [0.2, 0.25) is 0 Å². The highest BCUT2D eigenvalue weighted by Crippen LogP contribution is 2.38. The minimum absolute atomic E-state index is 0.0633. The third-order valence-electron chi connectivity index (χ3n) is 3.93. The molecule has 1 N–H and O–H groups in total. The van der Waals surface area contributed by atoms with Gasteiger partial charge in [0.05, 0.1) is 19.3 Å². The van der Waals surface area contributed by atoms with Gasteiger partial charge in [-0.05, 0) is 6.42 Å². The molecule has 16 heavy (non-hydrogen) atoms. The molecule has 0 aromatic heterocycles. The smallest absolute Gasteiger partial charge is 0.407 e. The van der Waals surface area contributed by atoms with E-state index in [0.717, 1.165) is 6.42 Å². The van der Waals surface area contributed by atoms with Gasteiger partial charge in [-0.15, -0.1) is 0 Å². The number of nitriles is 1. The predicted molar refractivity (Wildman–Crippen MR) is 52.8 cm³/mol. The summed E-state index contributed by atoms with van der Waals surface area (Å²) in [6.07, 6.45) is 0.0124. The molecule has 0 unspecified atom stereocenters. The van der Waals surface area contributed by atoms with Gasteiger partial charge in [0.2, 0.25) is 0 Å². The normalized spacial score (nSPS) is 35.8. The molecule has 6 nitrogen and oxygen atoms in total. The highest BCUT2D eigenvalue weighted by Gasteiger charge is 2.56. The van der Waals surface area contributed by atoms with Crippen LogP contribution < -0.4 is 0 Å². The van der Waals surface area contributed by atoms with Crippen LogP contribution in [0.15, 0.2) is 0 Å². The fraction of sp³-hybridized carbons (Fsp3) is 0.800. The van der Waals surface area contributed by atoms with Crippen LogP contribution in [0.25, 0.3) is 0 Å². The molecule has 0 aromatic carbocycles. The number of piperazine rings is 1. The lowest BCUT2D eigenvalue weighted by Gasteiger charge is -2.47. The second-order valence-electron chi connectivity index (χ2n) is 4.77. The van der Waals surface area contributed by atoms with Gasteiger partial charge in [0.1, 0.15) is 0 Å². The zero-order valence-electron chi connectivity index (χ0n) is 8.80. The number of rotatable bonds is 1. The quantitative estimate of drug-likeness (QED) is 0.661. The third kappa shape index (κ3) is 1.10. The summed E-state index contributed by atoms with van der Waals surface area (Å²) < 4.78 is 5.13. The Morgan fingerprint density at radius 3 is 2.56 bits per heavy atom. The molecule has 86 valence electrons. The van der Waals surface area contributed by atoms with Gasteiger partial charge in [-0.1, -0.05) is 0 Å². The van der Waals surface area contributed by atoms with Crippen molar-refractivity contribution in [1.29, 1.82) is 5.26 Å². The zero-order valence-corrected chi connectivity index (χ0v) is 8.80. The molecular formula is C10H13N3O3. The number of likely N-dealkylation sites (tertiary alicyclic amines) is 2. The van der Waals surface area contributed by atoms with E-state index in [0.29, 0.717) is 26.3 Å². The average Bonchev–Trinajstić information content (AvgIpc) is 2.75. The molecule has 3 aliphatic heterocycles. The summed E-state index contributed by atoms with van der Waals surface area (Å²) in [6.45, 7) is 2.12. The largest absolute Gasteiger partial charge is 0.465 e. The van der Waals surface area contributed by atoms with Crippen LogP contribution in [0.3, 0.4) is 0 Å². The molecule has 3 fully saturated rings. The molecule has 2 bridgehead atoms. The minimum atomic E-state index is -0.844. The number of hydrogen-bond donors (Lipinski definition) is 1. The molecule has 3 heterocycles. The molecule has 0 aromatic rings. The number of carboxylic acid groups (broad SMARTS) is 1. The van der Waals surface area contributed by atoms with E-state index in [-0.39, 0.29) is 12.1 Å². The maximum atomic E-state index is 10.9. The average molecular weight is 223 g/mol. The van der Waals surface area contributed by atoms with Gasteiger partial charge < -0.3 is 14.7 Å². The minimum Gasteiger partial charge on any atom is -0.465 e. The lowest BCUT2D eigenvalue weighted by molar-refractivity contribution is -0.120. The summed E-state index contributed by atoms with van der Waals surface area (Å²) in [4.78, 5) is 14.5. The molecule has 3 rings (SSSR count). The number of nitrogens with zero attached hydrogens (tertiary/aromatic N) is 3. The lowest BCUT2D eigenvalue weighted by Crippen LogP contribution is -2.66. The Kier molecular flexibility index (Phi) is 1.91. The first-order chi connectivity index (χ1) is 7.66. The summed E-state index contributed by atoms with van der Waals surface area (Å²) in [5, 5.41) is 18.2. The topological polar surface area (TPSA) is 76.8 Å². The molecular weight excluding hydrogens is 210 g/mol. The van der Waals surface area contributed by atoms with Crippen molar-refractivity contribution in [2.24, 2.45) is 0 Å². The standard InChI is InChI=1S/C10H13N3O3/c11-4-10(5-16-6-10)13-3-7-1-8(13)2-12(7)9(14)15/h7-8H,1-3,5-6H2,(H,14,15)/t7-,8-/m0/s1. The molecule has 3 saturated heterocycles. The lowest BCUT2D eigenvalue weighted by atomic mass is 9.95. The van der Waals surface area contributed by atoms with Crippen molar-refractivity contribution in [3.8, 4) is 6.07 Å². The first-order valence-corrected chi connectivity index (χ1v) is 5.41. The van der Waals surface area contributed by atoms with Crippen LogP contribution in [0.1, 0.15) is 6.42 Å². The van der Waals surface area contributed by atoms with Crippen molar-refractivity contribution in [3.05, 3.63) is 0 Å². The van der Waals surface area contributed by atoms with E-state index in [1.165, 1.54) is 4.90 Å². The Labute approximate surface area is 93.0 Å². The first kappa shape index (κ1) is 9.87. The van der Waals surface area contributed by atoms with Gasteiger partial charge in [-0.3, -0.25) is 4.90 Å².